The van der Waals surface area contributed by atoms with Crippen molar-refractivity contribution in [1.82, 2.24) is 15.0 Å². The van der Waals surface area contributed by atoms with Gasteiger partial charge in [-0.1, -0.05) is 35.3 Å². The summed E-state index contributed by atoms with van der Waals surface area (Å²) in [6.07, 6.45) is 3.32. The van der Waals surface area contributed by atoms with Crippen LogP contribution >= 0.6 is 23.2 Å². The zero-order valence-electron chi connectivity index (χ0n) is 12.0. The van der Waals surface area contributed by atoms with E-state index in [9.17, 15) is 0 Å². The molecule has 0 fully saturated rings. The van der Waals surface area contributed by atoms with E-state index in [0.29, 0.717) is 28.8 Å². The first-order chi connectivity index (χ1) is 9.99. The highest BCUT2D eigenvalue weighted by molar-refractivity contribution is 6.35. The summed E-state index contributed by atoms with van der Waals surface area (Å²) in [5, 5.41) is 8.89. The van der Waals surface area contributed by atoms with Crippen LogP contribution in [0.15, 0.2) is 18.3 Å². The van der Waals surface area contributed by atoms with Crippen LogP contribution in [0.25, 0.3) is 0 Å². The zero-order valence-corrected chi connectivity index (χ0v) is 13.5. The minimum Gasteiger partial charge on any atom is -0.485 e. The van der Waals surface area contributed by atoms with E-state index in [2.05, 4.69) is 10.3 Å². The Balaban J connectivity index is 2.19. The van der Waals surface area contributed by atoms with Crippen molar-refractivity contribution in [2.45, 2.75) is 32.4 Å². The molecule has 2 rings (SSSR count). The summed E-state index contributed by atoms with van der Waals surface area (Å²) < 4.78 is 7.43. The average Bonchev–Trinajstić information content (AvgIpc) is 2.83. The van der Waals surface area contributed by atoms with Gasteiger partial charge in [0.1, 0.15) is 18.1 Å². The Kier molecular flexibility index (Phi) is 5.45. The number of hydrogen-bond donors (Lipinski definition) is 1. The lowest BCUT2D eigenvalue weighted by Gasteiger charge is -2.15. The van der Waals surface area contributed by atoms with Gasteiger partial charge in [0, 0.05) is 18.1 Å². The second-order valence-electron chi connectivity index (χ2n) is 4.92. The molecule has 0 aliphatic rings. The van der Waals surface area contributed by atoms with Gasteiger partial charge in [-0.05, 0) is 30.5 Å². The molecule has 1 heterocycles. The normalized spacial score (nSPS) is 12.4. The van der Waals surface area contributed by atoms with Gasteiger partial charge in [-0.25, -0.2) is 0 Å². The number of nitrogens with zero attached hydrogens (tertiary/aromatic N) is 3. The first-order valence-corrected chi connectivity index (χ1v) is 7.46. The Morgan fingerprint density at radius 2 is 2.14 bits per heavy atom. The fourth-order valence-corrected chi connectivity index (χ4v) is 2.55. The number of ether oxygens (including phenoxy) is 1. The first-order valence-electron chi connectivity index (χ1n) is 6.71. The molecule has 5 nitrogen and oxygen atoms in total. The van der Waals surface area contributed by atoms with Crippen LogP contribution in [0.2, 0.25) is 10.0 Å². The molecule has 1 aromatic carbocycles. The van der Waals surface area contributed by atoms with Gasteiger partial charge in [0.25, 0.3) is 0 Å². The van der Waals surface area contributed by atoms with Crippen molar-refractivity contribution in [2.75, 3.05) is 0 Å². The molecular weight excluding hydrogens is 311 g/mol. The Morgan fingerprint density at radius 1 is 1.38 bits per heavy atom. The van der Waals surface area contributed by atoms with Crippen molar-refractivity contribution in [1.29, 1.82) is 0 Å². The van der Waals surface area contributed by atoms with Crippen LogP contribution in [0.1, 0.15) is 24.6 Å². The van der Waals surface area contributed by atoms with Crippen LogP contribution in [-0.4, -0.2) is 21.0 Å². The molecule has 0 radical (unpaired) electrons. The molecule has 1 aromatic heterocycles. The summed E-state index contributed by atoms with van der Waals surface area (Å²) >= 11 is 12.3. The topological polar surface area (TPSA) is 66.0 Å². The van der Waals surface area contributed by atoms with Gasteiger partial charge in [0.15, 0.2) is 0 Å². The number of aryl methyl sites for hydroxylation is 1. The molecule has 0 aliphatic carbocycles. The van der Waals surface area contributed by atoms with Crippen LogP contribution < -0.4 is 10.5 Å². The molecule has 0 saturated heterocycles. The molecule has 0 spiro atoms. The maximum atomic E-state index is 6.24. The Bertz CT molecular complexity index is 615. The molecular formula is C14H18Cl2N4O. The second-order valence-corrected chi connectivity index (χ2v) is 5.76. The van der Waals surface area contributed by atoms with Crippen molar-refractivity contribution in [3.8, 4) is 5.75 Å². The van der Waals surface area contributed by atoms with Gasteiger partial charge in [-0.2, -0.15) is 0 Å². The molecule has 2 aromatic rings. The van der Waals surface area contributed by atoms with Crippen molar-refractivity contribution in [3.63, 3.8) is 0 Å². The highest BCUT2D eigenvalue weighted by Gasteiger charge is 2.14. The number of hydrogen-bond acceptors (Lipinski definition) is 4. The van der Waals surface area contributed by atoms with E-state index < -0.39 is 0 Å². The van der Waals surface area contributed by atoms with Gasteiger partial charge < -0.3 is 10.5 Å². The quantitative estimate of drug-likeness (QED) is 0.885. The lowest BCUT2D eigenvalue weighted by atomic mass is 10.0. The van der Waals surface area contributed by atoms with E-state index in [-0.39, 0.29) is 6.04 Å². The van der Waals surface area contributed by atoms with E-state index in [4.69, 9.17) is 33.7 Å². The number of aromatic nitrogens is 3. The van der Waals surface area contributed by atoms with Crippen LogP contribution in [0.4, 0.5) is 0 Å². The van der Waals surface area contributed by atoms with Crippen LogP contribution in [-0.2, 0) is 20.1 Å². The maximum Gasteiger partial charge on any atom is 0.141 e. The van der Waals surface area contributed by atoms with Gasteiger partial charge >= 0.3 is 0 Å². The summed E-state index contributed by atoms with van der Waals surface area (Å²) in [7, 11) is 1.80. The van der Waals surface area contributed by atoms with Gasteiger partial charge in [-0.15, -0.1) is 5.10 Å². The Morgan fingerprint density at radius 3 is 2.76 bits per heavy atom. The molecule has 0 aliphatic heterocycles. The smallest absolute Gasteiger partial charge is 0.141 e. The third-order valence-electron chi connectivity index (χ3n) is 3.11. The van der Waals surface area contributed by atoms with E-state index >= 15 is 0 Å². The lowest BCUT2D eigenvalue weighted by molar-refractivity contribution is 0.297. The number of nitrogens with two attached hydrogens (primary N) is 1. The minimum atomic E-state index is 0.0402. The number of benzene rings is 1. The molecule has 2 N–H and O–H groups in total. The first kappa shape index (κ1) is 16.1. The van der Waals surface area contributed by atoms with Gasteiger partial charge in [0.05, 0.1) is 11.2 Å². The predicted octanol–water partition coefficient (Wildman–Crippen LogP) is 2.98. The molecule has 114 valence electrons. The van der Waals surface area contributed by atoms with Crippen molar-refractivity contribution < 1.29 is 4.74 Å². The highest BCUT2D eigenvalue weighted by atomic mass is 35.5. The fraction of sp³-hybridized carbons (Fsp3) is 0.429. The van der Waals surface area contributed by atoms with Crippen LogP contribution in [0.3, 0.4) is 0 Å². The Hall–Kier alpha value is -1.30. The van der Waals surface area contributed by atoms with E-state index in [1.165, 1.54) is 0 Å². The zero-order chi connectivity index (χ0) is 15.4. The summed E-state index contributed by atoms with van der Waals surface area (Å²) in [5.41, 5.74) is 7.66. The molecule has 0 amide bonds. The van der Waals surface area contributed by atoms with Crippen molar-refractivity contribution >= 4 is 23.2 Å². The lowest BCUT2D eigenvalue weighted by Crippen LogP contribution is -2.21. The van der Waals surface area contributed by atoms with E-state index in [0.717, 1.165) is 17.7 Å². The SMILES string of the molecule is CCC(N)Cc1cc(Cl)cc(Cl)c1OCc1cn(C)nn1. The average molecular weight is 329 g/mol. The standard InChI is InChI=1S/C14H18Cl2N4O/c1-3-11(17)5-9-4-10(15)6-13(16)14(9)21-8-12-7-20(2)19-18-12/h4,6-7,11H,3,5,8,17H2,1-2H3. The number of rotatable bonds is 6. The van der Waals surface area contributed by atoms with Gasteiger partial charge in [0.2, 0.25) is 0 Å². The summed E-state index contributed by atoms with van der Waals surface area (Å²) in [6.45, 7) is 2.33. The third-order valence-corrected chi connectivity index (χ3v) is 3.61. The van der Waals surface area contributed by atoms with Crippen LogP contribution in [0.5, 0.6) is 5.75 Å². The largest absolute Gasteiger partial charge is 0.485 e. The van der Waals surface area contributed by atoms with E-state index in [1.807, 2.05) is 13.0 Å². The predicted molar refractivity (Wildman–Crippen MR) is 83.8 cm³/mol. The van der Waals surface area contributed by atoms with E-state index in [1.54, 1.807) is 24.0 Å². The fourth-order valence-electron chi connectivity index (χ4n) is 1.96. The van der Waals surface area contributed by atoms with Crippen molar-refractivity contribution in [3.05, 3.63) is 39.6 Å². The summed E-state index contributed by atoms with van der Waals surface area (Å²) in [5.74, 6) is 0.607. The monoisotopic (exact) mass is 328 g/mol. The van der Waals surface area contributed by atoms with Gasteiger partial charge in [-0.3, -0.25) is 4.68 Å². The molecule has 1 unspecified atom stereocenters. The Labute approximate surface area is 134 Å². The minimum absolute atomic E-state index is 0.0402. The maximum absolute atomic E-state index is 6.24. The summed E-state index contributed by atoms with van der Waals surface area (Å²) in [6, 6.07) is 3.55. The van der Waals surface area contributed by atoms with Crippen LogP contribution in [0, 0.1) is 0 Å². The molecule has 21 heavy (non-hydrogen) atoms. The second kappa shape index (κ2) is 7.11. The highest BCUT2D eigenvalue weighted by Crippen LogP contribution is 2.33. The third kappa shape index (κ3) is 4.33. The molecule has 0 bridgehead atoms. The molecule has 1 atom stereocenters. The summed E-state index contributed by atoms with van der Waals surface area (Å²) in [4.78, 5) is 0. The molecule has 0 saturated carbocycles. The number of halogens is 2. The van der Waals surface area contributed by atoms with Crippen molar-refractivity contribution in [2.24, 2.45) is 12.8 Å². The molecule has 7 heteroatoms.